The van der Waals surface area contributed by atoms with Crippen LogP contribution >= 0.6 is 34.9 Å². The third kappa shape index (κ3) is 1.57. The molecule has 0 radical (unpaired) electrons. The quantitative estimate of drug-likeness (QED) is 0.663. The van der Waals surface area contributed by atoms with Crippen molar-refractivity contribution in [3.63, 3.8) is 0 Å². The van der Waals surface area contributed by atoms with E-state index in [1.165, 1.54) is 22.7 Å². The lowest BCUT2D eigenvalue weighted by Gasteiger charge is -1.79. The Bertz CT molecular complexity index is 273. The fourth-order valence-corrected chi connectivity index (χ4v) is 2.30. The zero-order valence-corrected chi connectivity index (χ0v) is 6.74. The van der Waals surface area contributed by atoms with Gasteiger partial charge < -0.3 is 5.73 Å². The first-order valence-corrected chi connectivity index (χ1v) is 4.19. The van der Waals surface area contributed by atoms with Crippen LogP contribution in [0, 0.1) is 3.14 Å². The van der Waals surface area contributed by atoms with Crippen LogP contribution in [0.5, 0.6) is 0 Å². The molecule has 2 N–H and O–H groups in total. The summed E-state index contributed by atoms with van der Waals surface area (Å²) in [5.41, 5.74) is 4.96. The topological polar surface area (TPSA) is 43.1 Å². The number of amides is 1. The van der Waals surface area contributed by atoms with Crippen LogP contribution in [-0.2, 0) is 0 Å². The average molecular weight is 177 g/mol. The molecule has 1 amide bonds. The summed E-state index contributed by atoms with van der Waals surface area (Å²) in [7, 11) is 0. The Balaban J connectivity index is 3.12. The minimum atomic E-state index is -0.396. The summed E-state index contributed by atoms with van der Waals surface area (Å²) in [6.07, 6.45) is 0. The van der Waals surface area contributed by atoms with Gasteiger partial charge in [0.1, 0.15) is 8.01 Å². The molecule has 0 unspecified atom stereocenters. The van der Waals surface area contributed by atoms with Crippen molar-refractivity contribution < 1.29 is 4.79 Å². The van der Waals surface area contributed by atoms with Crippen LogP contribution in [0.4, 0.5) is 0 Å². The molecule has 1 heterocycles. The molecule has 1 aromatic heterocycles. The molecule has 0 spiro atoms. The van der Waals surface area contributed by atoms with Crippen molar-refractivity contribution in [3.8, 4) is 0 Å². The van der Waals surface area contributed by atoms with Crippen LogP contribution in [0.25, 0.3) is 0 Å². The molecule has 5 heteroatoms. The molecule has 9 heavy (non-hydrogen) atoms. The molecule has 1 rings (SSSR count). The smallest absolute Gasteiger partial charge is 0.259 e. The van der Waals surface area contributed by atoms with Gasteiger partial charge >= 0.3 is 0 Å². The molecule has 48 valence electrons. The normalized spacial score (nSPS) is 9.33. The zero-order chi connectivity index (χ0) is 6.85. The van der Waals surface area contributed by atoms with Gasteiger partial charge in [-0.3, -0.25) is 4.79 Å². The van der Waals surface area contributed by atoms with Gasteiger partial charge in [-0.15, -0.1) is 22.7 Å². The van der Waals surface area contributed by atoms with Gasteiger partial charge in [0.2, 0.25) is 0 Å². The van der Waals surface area contributed by atoms with Gasteiger partial charge in [-0.25, -0.2) is 0 Å². The number of carbonyl (C=O) groups is 1. The van der Waals surface area contributed by atoms with Crippen LogP contribution in [0.1, 0.15) is 9.67 Å². The molecule has 0 atom stereocenters. The van der Waals surface area contributed by atoms with Crippen molar-refractivity contribution in [1.82, 2.24) is 0 Å². The van der Waals surface area contributed by atoms with Crippen molar-refractivity contribution in [1.29, 1.82) is 0 Å². The molecule has 0 saturated heterocycles. The Kier molecular flexibility index (Phi) is 1.94. The molecule has 0 aromatic carbocycles. The highest BCUT2D eigenvalue weighted by atomic mass is 32.2. The molecule has 0 fully saturated rings. The van der Waals surface area contributed by atoms with E-state index in [4.69, 9.17) is 18.0 Å². The number of nitrogens with two attached hydrogens (primary N) is 1. The summed E-state index contributed by atoms with van der Waals surface area (Å²) >= 11 is 7.40. The Labute approximate surface area is 64.9 Å². The number of hydrogen-bond donors (Lipinski definition) is 1. The average Bonchev–Trinajstić information content (AvgIpc) is 2.14. The second-order valence-electron chi connectivity index (χ2n) is 1.32. The highest BCUT2D eigenvalue weighted by Gasteiger charge is 1.99. The van der Waals surface area contributed by atoms with Gasteiger partial charge in [0.25, 0.3) is 5.91 Å². The van der Waals surface area contributed by atoms with Crippen LogP contribution in [0.3, 0.4) is 0 Å². The summed E-state index contributed by atoms with van der Waals surface area (Å²) < 4.78 is 0.740. The van der Waals surface area contributed by atoms with Crippen LogP contribution in [0.15, 0.2) is 5.38 Å². The number of hydrogen-bond acceptors (Lipinski definition) is 4. The first-order valence-electron chi connectivity index (χ1n) is 2.08. The zero-order valence-electron chi connectivity index (χ0n) is 4.29. The van der Waals surface area contributed by atoms with Crippen LogP contribution < -0.4 is 5.73 Å². The SMILES string of the molecule is NC(=O)c1csc(=S)s1. The maximum atomic E-state index is 10.4. The standard InChI is InChI=1S/C4H3NOS3/c5-3(6)2-1-8-4(7)9-2/h1H,(H2,5,6). The van der Waals surface area contributed by atoms with E-state index >= 15 is 0 Å². The third-order valence-electron chi connectivity index (χ3n) is 0.698. The third-order valence-corrected chi connectivity index (χ3v) is 3.18. The summed E-state index contributed by atoms with van der Waals surface area (Å²) in [5, 5.41) is 1.68. The first kappa shape index (κ1) is 6.85. The molecule has 2 nitrogen and oxygen atoms in total. The lowest BCUT2D eigenvalue weighted by molar-refractivity contribution is 0.100. The summed E-state index contributed by atoms with van der Waals surface area (Å²) in [5.74, 6) is -0.396. The van der Waals surface area contributed by atoms with Crippen molar-refractivity contribution >= 4 is 40.8 Å². The Morgan fingerprint density at radius 3 is 2.67 bits per heavy atom. The second kappa shape index (κ2) is 2.55. The van der Waals surface area contributed by atoms with E-state index in [1.54, 1.807) is 5.38 Å². The van der Waals surface area contributed by atoms with Crippen molar-refractivity contribution in [2.45, 2.75) is 0 Å². The highest BCUT2D eigenvalue weighted by molar-refractivity contribution is 7.76. The summed E-state index contributed by atoms with van der Waals surface area (Å²) in [4.78, 5) is 11.0. The second-order valence-corrected chi connectivity index (χ2v) is 4.43. The molecule has 1 aromatic rings. The van der Waals surface area contributed by atoms with E-state index in [1.807, 2.05) is 0 Å². The van der Waals surface area contributed by atoms with Crippen molar-refractivity contribution in [2.75, 3.05) is 0 Å². The Morgan fingerprint density at radius 1 is 1.78 bits per heavy atom. The number of carbonyl (C=O) groups excluding carboxylic acids is 1. The van der Waals surface area contributed by atoms with E-state index in [0.717, 1.165) is 3.14 Å². The summed E-state index contributed by atoms with van der Waals surface area (Å²) in [6, 6.07) is 0. The number of rotatable bonds is 1. The molecular weight excluding hydrogens is 174 g/mol. The first-order chi connectivity index (χ1) is 4.20. The molecule has 0 aliphatic rings. The maximum Gasteiger partial charge on any atom is 0.259 e. The monoisotopic (exact) mass is 177 g/mol. The molecule has 0 aliphatic heterocycles. The van der Waals surface area contributed by atoms with E-state index in [9.17, 15) is 4.79 Å². The lowest BCUT2D eigenvalue weighted by atomic mass is 10.6. The molecule has 0 saturated carbocycles. The van der Waals surface area contributed by atoms with E-state index in [-0.39, 0.29) is 0 Å². The van der Waals surface area contributed by atoms with E-state index < -0.39 is 5.91 Å². The van der Waals surface area contributed by atoms with Gasteiger partial charge in [-0.2, -0.15) is 0 Å². The van der Waals surface area contributed by atoms with Crippen LogP contribution in [0.2, 0.25) is 0 Å². The lowest BCUT2D eigenvalue weighted by Crippen LogP contribution is -2.07. The van der Waals surface area contributed by atoms with Gasteiger partial charge in [-0.05, 0) is 0 Å². The van der Waals surface area contributed by atoms with Crippen LogP contribution in [-0.4, -0.2) is 5.91 Å². The fourth-order valence-electron chi connectivity index (χ4n) is 0.348. The molecule has 0 bridgehead atoms. The van der Waals surface area contributed by atoms with Crippen molar-refractivity contribution in [2.24, 2.45) is 5.73 Å². The molecular formula is C4H3NOS3. The summed E-state index contributed by atoms with van der Waals surface area (Å²) in [6.45, 7) is 0. The minimum absolute atomic E-state index is 0.396. The van der Waals surface area contributed by atoms with Gasteiger partial charge in [-0.1, -0.05) is 12.2 Å². The predicted octanol–water partition coefficient (Wildman–Crippen LogP) is 1.64. The fraction of sp³-hybridized carbons (Fsp3) is 0. The Hall–Kier alpha value is -0.260. The minimum Gasteiger partial charge on any atom is -0.365 e. The van der Waals surface area contributed by atoms with Gasteiger partial charge in [0, 0.05) is 5.38 Å². The Morgan fingerprint density at radius 2 is 2.44 bits per heavy atom. The number of primary amides is 1. The van der Waals surface area contributed by atoms with Gasteiger partial charge in [0.05, 0.1) is 0 Å². The predicted molar refractivity (Wildman–Crippen MR) is 41.5 cm³/mol. The largest absolute Gasteiger partial charge is 0.365 e. The highest BCUT2D eigenvalue weighted by Crippen LogP contribution is 2.15. The maximum absolute atomic E-state index is 10.4. The van der Waals surface area contributed by atoms with Crippen molar-refractivity contribution in [3.05, 3.63) is 13.4 Å². The van der Waals surface area contributed by atoms with E-state index in [2.05, 4.69) is 0 Å². The van der Waals surface area contributed by atoms with E-state index in [0.29, 0.717) is 4.88 Å². The molecule has 0 aliphatic carbocycles. The van der Waals surface area contributed by atoms with Gasteiger partial charge in [0.15, 0.2) is 0 Å².